The smallest absolute Gasteiger partial charge is 0.245 e. The van der Waals surface area contributed by atoms with Crippen LogP contribution >= 0.6 is 0 Å². The topological polar surface area (TPSA) is 91.9 Å². The van der Waals surface area contributed by atoms with E-state index in [2.05, 4.69) is 16.2 Å². The lowest BCUT2D eigenvalue weighted by Gasteiger charge is -2.38. The Morgan fingerprint density at radius 1 is 1.21 bits per heavy atom. The first-order chi connectivity index (χ1) is 13.4. The minimum absolute atomic E-state index is 0.0000123. The van der Waals surface area contributed by atoms with E-state index in [9.17, 15) is 9.59 Å². The van der Waals surface area contributed by atoms with E-state index in [1.54, 1.807) is 0 Å². The lowest BCUT2D eigenvalue weighted by molar-refractivity contribution is -0.139. The Morgan fingerprint density at radius 3 is 2.75 bits per heavy atom. The molecule has 2 fully saturated rings. The molecule has 3 aliphatic heterocycles. The van der Waals surface area contributed by atoms with Crippen molar-refractivity contribution < 1.29 is 19.1 Å². The van der Waals surface area contributed by atoms with Gasteiger partial charge in [0, 0.05) is 32.0 Å². The van der Waals surface area contributed by atoms with Crippen molar-refractivity contribution >= 4 is 11.8 Å². The van der Waals surface area contributed by atoms with Gasteiger partial charge in [-0.05, 0) is 30.0 Å². The maximum atomic E-state index is 13.1. The van der Waals surface area contributed by atoms with Crippen molar-refractivity contribution in [3.8, 4) is 11.5 Å². The summed E-state index contributed by atoms with van der Waals surface area (Å²) in [6.07, 6.45) is 0.870. The summed E-state index contributed by atoms with van der Waals surface area (Å²) in [5, 5.41) is 2.82. The number of benzene rings is 1. The number of rotatable bonds is 4. The molecule has 8 nitrogen and oxygen atoms in total. The van der Waals surface area contributed by atoms with Crippen molar-refractivity contribution in [2.24, 2.45) is 11.8 Å². The van der Waals surface area contributed by atoms with Crippen LogP contribution in [0, 0.1) is 11.8 Å². The maximum absolute atomic E-state index is 13.1. The number of hydrazine groups is 1. The number of piperidine rings is 1. The summed E-state index contributed by atoms with van der Waals surface area (Å²) < 4.78 is 10.9. The number of nitrogens with zero attached hydrogens (tertiary/aromatic N) is 1. The van der Waals surface area contributed by atoms with Gasteiger partial charge in [-0.25, -0.2) is 5.43 Å². The van der Waals surface area contributed by atoms with Gasteiger partial charge < -0.3 is 19.7 Å². The number of fused-ring (bicyclic) bond motifs is 2. The Hall–Kier alpha value is -2.32. The molecule has 3 heterocycles. The second-order valence-electron chi connectivity index (χ2n) is 8.14. The summed E-state index contributed by atoms with van der Waals surface area (Å²) in [5.74, 6) is 1.63. The molecule has 4 atom stereocenters. The number of likely N-dealkylation sites (tertiary alicyclic amines) is 1. The van der Waals surface area contributed by atoms with Crippen LogP contribution in [0.25, 0.3) is 0 Å². The van der Waals surface area contributed by atoms with Gasteiger partial charge in [-0.15, -0.1) is 0 Å². The minimum Gasteiger partial charge on any atom is -0.454 e. The Balaban J connectivity index is 1.50. The summed E-state index contributed by atoms with van der Waals surface area (Å²) in [5.41, 5.74) is 7.90. The van der Waals surface area contributed by atoms with Crippen molar-refractivity contribution in [1.82, 2.24) is 21.1 Å². The summed E-state index contributed by atoms with van der Waals surface area (Å²) in [6, 6.07) is 5.89. The van der Waals surface area contributed by atoms with E-state index >= 15 is 0 Å². The fourth-order valence-electron chi connectivity index (χ4n) is 4.37. The molecule has 3 aliphatic rings. The molecule has 8 heteroatoms. The fourth-order valence-corrected chi connectivity index (χ4v) is 4.37. The standard InChI is InChI=1S/C20H28N4O4/c1-11(2)18(21-12(3)25)20(26)24-7-6-15-14(9-24)19(23-22-15)13-4-5-16-17(8-13)28-10-27-16/h4-5,8,11,14-15,18-19,22-23H,6-7,9-10H2,1-3H3,(H,21,25). The average molecular weight is 388 g/mol. The third kappa shape index (κ3) is 3.54. The fraction of sp³-hybridized carbons (Fsp3) is 0.600. The van der Waals surface area contributed by atoms with Gasteiger partial charge in [-0.1, -0.05) is 19.9 Å². The van der Waals surface area contributed by atoms with Crippen LogP contribution in [0.5, 0.6) is 11.5 Å². The normalized spacial score (nSPS) is 26.9. The zero-order valence-electron chi connectivity index (χ0n) is 16.5. The Bertz CT molecular complexity index is 769. The van der Waals surface area contributed by atoms with Crippen molar-refractivity contribution in [2.45, 2.75) is 45.3 Å². The number of ether oxygens (including phenoxy) is 2. The first kappa shape index (κ1) is 19.0. The van der Waals surface area contributed by atoms with E-state index in [4.69, 9.17) is 9.47 Å². The van der Waals surface area contributed by atoms with E-state index in [0.717, 1.165) is 23.5 Å². The monoisotopic (exact) mass is 388 g/mol. The Kier molecular flexibility index (Phi) is 5.16. The molecular weight excluding hydrogens is 360 g/mol. The molecule has 0 aromatic heterocycles. The van der Waals surface area contributed by atoms with Gasteiger partial charge in [0.1, 0.15) is 6.04 Å². The minimum atomic E-state index is -0.486. The number of carbonyl (C=O) groups is 2. The molecule has 0 aliphatic carbocycles. The molecule has 0 bridgehead atoms. The lowest BCUT2D eigenvalue weighted by Crippen LogP contribution is -2.55. The Morgan fingerprint density at radius 2 is 2.00 bits per heavy atom. The highest BCUT2D eigenvalue weighted by Gasteiger charge is 2.43. The predicted octanol–water partition coefficient (Wildman–Crippen LogP) is 0.942. The molecule has 152 valence electrons. The van der Waals surface area contributed by atoms with Crippen molar-refractivity contribution in [2.75, 3.05) is 19.9 Å². The van der Waals surface area contributed by atoms with Gasteiger partial charge in [0.15, 0.2) is 11.5 Å². The molecule has 1 aromatic carbocycles. The van der Waals surface area contributed by atoms with E-state index in [1.165, 1.54) is 6.92 Å². The quantitative estimate of drug-likeness (QED) is 0.711. The van der Waals surface area contributed by atoms with Gasteiger partial charge in [-0.3, -0.25) is 15.0 Å². The largest absolute Gasteiger partial charge is 0.454 e. The third-order valence-corrected chi connectivity index (χ3v) is 5.87. The highest BCUT2D eigenvalue weighted by Crippen LogP contribution is 2.39. The van der Waals surface area contributed by atoms with Gasteiger partial charge >= 0.3 is 0 Å². The first-order valence-corrected chi connectivity index (χ1v) is 9.90. The first-order valence-electron chi connectivity index (χ1n) is 9.90. The van der Waals surface area contributed by atoms with Gasteiger partial charge in [0.05, 0.1) is 6.04 Å². The summed E-state index contributed by atoms with van der Waals surface area (Å²) in [7, 11) is 0. The van der Waals surface area contributed by atoms with Crippen molar-refractivity contribution in [1.29, 1.82) is 0 Å². The number of nitrogens with one attached hydrogen (secondary N) is 3. The highest BCUT2D eigenvalue weighted by atomic mass is 16.7. The summed E-state index contributed by atoms with van der Waals surface area (Å²) in [4.78, 5) is 26.5. The van der Waals surface area contributed by atoms with Gasteiger partial charge in [0.25, 0.3) is 0 Å². The zero-order valence-corrected chi connectivity index (χ0v) is 16.5. The van der Waals surface area contributed by atoms with Crippen LogP contribution in [0.2, 0.25) is 0 Å². The number of amides is 2. The molecule has 2 amide bonds. The predicted molar refractivity (Wildman–Crippen MR) is 102 cm³/mol. The molecular formula is C20H28N4O4. The molecule has 3 N–H and O–H groups in total. The van der Waals surface area contributed by atoms with Crippen LogP contribution in [0.15, 0.2) is 18.2 Å². The highest BCUT2D eigenvalue weighted by molar-refractivity contribution is 5.87. The molecule has 4 rings (SSSR count). The van der Waals surface area contributed by atoms with Crippen LogP contribution in [0.1, 0.15) is 38.8 Å². The van der Waals surface area contributed by atoms with E-state index in [0.29, 0.717) is 19.1 Å². The van der Waals surface area contributed by atoms with Crippen molar-refractivity contribution in [3.63, 3.8) is 0 Å². The average Bonchev–Trinajstić information content (AvgIpc) is 3.30. The number of hydrogen-bond acceptors (Lipinski definition) is 6. The molecule has 0 radical (unpaired) electrons. The van der Waals surface area contributed by atoms with E-state index in [-0.39, 0.29) is 36.5 Å². The molecule has 0 saturated carbocycles. The number of hydrogen-bond donors (Lipinski definition) is 3. The molecule has 0 spiro atoms. The second kappa shape index (κ2) is 7.60. The summed E-state index contributed by atoms with van der Waals surface area (Å²) in [6.45, 7) is 6.95. The van der Waals surface area contributed by atoms with E-state index in [1.807, 2.05) is 36.9 Å². The van der Waals surface area contributed by atoms with Crippen LogP contribution in [-0.4, -0.2) is 48.7 Å². The molecule has 2 saturated heterocycles. The zero-order chi connectivity index (χ0) is 19.8. The maximum Gasteiger partial charge on any atom is 0.245 e. The molecule has 1 aromatic rings. The van der Waals surface area contributed by atoms with Gasteiger partial charge in [0.2, 0.25) is 18.6 Å². The second-order valence-corrected chi connectivity index (χ2v) is 8.14. The lowest BCUT2D eigenvalue weighted by atomic mass is 9.84. The molecule has 4 unspecified atom stereocenters. The van der Waals surface area contributed by atoms with Crippen LogP contribution in [-0.2, 0) is 9.59 Å². The summed E-state index contributed by atoms with van der Waals surface area (Å²) >= 11 is 0. The SMILES string of the molecule is CC(=O)NC(C(=O)N1CCC2NNC(c3ccc4c(c3)OCO4)C2C1)C(C)C. The van der Waals surface area contributed by atoms with Crippen LogP contribution in [0.4, 0.5) is 0 Å². The van der Waals surface area contributed by atoms with Gasteiger partial charge in [-0.2, -0.15) is 0 Å². The Labute approximate surface area is 164 Å². The van der Waals surface area contributed by atoms with Crippen LogP contribution in [0.3, 0.4) is 0 Å². The van der Waals surface area contributed by atoms with E-state index < -0.39 is 6.04 Å². The van der Waals surface area contributed by atoms with Crippen LogP contribution < -0.4 is 25.6 Å². The van der Waals surface area contributed by atoms with Crippen molar-refractivity contribution in [3.05, 3.63) is 23.8 Å². The molecule has 28 heavy (non-hydrogen) atoms. The third-order valence-electron chi connectivity index (χ3n) is 5.87. The number of carbonyl (C=O) groups excluding carboxylic acids is 2.